The molecule has 0 unspecified atom stereocenters. The molecule has 0 aromatic heterocycles. The minimum atomic E-state index is -0.402. The first-order chi connectivity index (χ1) is 17.4. The van der Waals surface area contributed by atoms with E-state index in [0.29, 0.717) is 43.1 Å². The van der Waals surface area contributed by atoms with Crippen molar-refractivity contribution < 1.29 is 23.9 Å². The number of nitrogens with one attached hydrogen (secondary N) is 2. The third kappa shape index (κ3) is 6.46. The summed E-state index contributed by atoms with van der Waals surface area (Å²) in [4.78, 5) is 42.4. The molecule has 2 aliphatic rings. The van der Waals surface area contributed by atoms with E-state index in [2.05, 4.69) is 15.1 Å². The van der Waals surface area contributed by atoms with Crippen LogP contribution in [0.5, 0.6) is 0 Å². The highest BCUT2D eigenvalue weighted by atomic mass is 16.6. The molecule has 2 aliphatic heterocycles. The van der Waals surface area contributed by atoms with E-state index in [0.717, 1.165) is 26.2 Å². The Labute approximate surface area is 210 Å². The lowest BCUT2D eigenvalue weighted by Gasteiger charge is -2.34. The van der Waals surface area contributed by atoms with Crippen LogP contribution in [0.4, 0.5) is 10.5 Å². The number of hydrogen-bond donors (Lipinski definition) is 2. The van der Waals surface area contributed by atoms with E-state index in [1.807, 2.05) is 6.07 Å². The van der Waals surface area contributed by atoms with Crippen LogP contribution in [0.15, 0.2) is 54.6 Å². The van der Waals surface area contributed by atoms with Crippen LogP contribution in [-0.2, 0) is 14.3 Å². The number of carbonyl (C=O) groups is 3. The molecule has 0 saturated carbocycles. The highest BCUT2D eigenvalue weighted by molar-refractivity contribution is 6.11. The molecule has 2 heterocycles. The van der Waals surface area contributed by atoms with Crippen molar-refractivity contribution in [2.75, 3.05) is 57.3 Å². The number of piperazine rings is 1. The van der Waals surface area contributed by atoms with Crippen LogP contribution in [0.1, 0.15) is 22.8 Å². The number of benzene rings is 2. The van der Waals surface area contributed by atoms with E-state index in [4.69, 9.17) is 14.9 Å². The molecule has 190 valence electrons. The van der Waals surface area contributed by atoms with Crippen molar-refractivity contribution in [3.63, 3.8) is 0 Å². The second kappa shape index (κ2) is 11.8. The molecule has 0 radical (unpaired) electrons. The fraction of sp³-hybridized carbons (Fsp3) is 0.385. The SMILES string of the molecule is CCOC(=O)CN1CCN(C[C@H]2CN(c3ccc(C(=N)NC(=O)c4ccccc4)cc3)C(=O)O2)CC1. The van der Waals surface area contributed by atoms with Crippen LogP contribution in [0, 0.1) is 5.41 Å². The average Bonchev–Trinajstić information content (AvgIpc) is 3.25. The molecule has 0 aliphatic carbocycles. The van der Waals surface area contributed by atoms with Gasteiger partial charge < -0.3 is 14.8 Å². The number of cyclic esters (lactones) is 1. The van der Waals surface area contributed by atoms with E-state index in [1.165, 1.54) is 0 Å². The Bertz CT molecular complexity index is 1080. The first-order valence-electron chi connectivity index (χ1n) is 12.1. The summed E-state index contributed by atoms with van der Waals surface area (Å²) in [7, 11) is 0. The molecular weight excluding hydrogens is 462 g/mol. The van der Waals surface area contributed by atoms with Crippen LogP contribution >= 0.6 is 0 Å². The first kappa shape index (κ1) is 25.3. The van der Waals surface area contributed by atoms with Gasteiger partial charge in [-0.1, -0.05) is 18.2 Å². The van der Waals surface area contributed by atoms with Crippen molar-refractivity contribution in [3.8, 4) is 0 Å². The minimum absolute atomic E-state index is 0.0145. The van der Waals surface area contributed by atoms with Crippen molar-refractivity contribution in [2.45, 2.75) is 13.0 Å². The molecule has 2 fully saturated rings. The quantitative estimate of drug-likeness (QED) is 0.328. The molecule has 10 heteroatoms. The third-order valence-electron chi connectivity index (χ3n) is 6.20. The molecule has 1 atom stereocenters. The van der Waals surface area contributed by atoms with Crippen LogP contribution in [0.3, 0.4) is 0 Å². The number of nitrogens with zero attached hydrogens (tertiary/aromatic N) is 3. The van der Waals surface area contributed by atoms with Gasteiger partial charge >= 0.3 is 12.1 Å². The maximum atomic E-state index is 12.5. The van der Waals surface area contributed by atoms with Gasteiger partial charge in [-0.3, -0.25) is 29.7 Å². The summed E-state index contributed by atoms with van der Waals surface area (Å²) in [6.45, 7) is 6.66. The van der Waals surface area contributed by atoms with Gasteiger partial charge in [0.1, 0.15) is 11.9 Å². The van der Waals surface area contributed by atoms with Crippen LogP contribution in [0.25, 0.3) is 0 Å². The van der Waals surface area contributed by atoms with Gasteiger partial charge in [-0.05, 0) is 43.3 Å². The van der Waals surface area contributed by atoms with Crippen LogP contribution in [0.2, 0.25) is 0 Å². The largest absolute Gasteiger partial charge is 0.465 e. The topological polar surface area (TPSA) is 115 Å². The second-order valence-corrected chi connectivity index (χ2v) is 8.74. The van der Waals surface area contributed by atoms with E-state index >= 15 is 0 Å². The number of rotatable bonds is 8. The monoisotopic (exact) mass is 493 g/mol. The molecule has 36 heavy (non-hydrogen) atoms. The molecule has 10 nitrogen and oxygen atoms in total. The van der Waals surface area contributed by atoms with Gasteiger partial charge in [0.2, 0.25) is 0 Å². The summed E-state index contributed by atoms with van der Waals surface area (Å²) >= 11 is 0. The second-order valence-electron chi connectivity index (χ2n) is 8.74. The van der Waals surface area contributed by atoms with Crippen LogP contribution < -0.4 is 10.2 Å². The van der Waals surface area contributed by atoms with Gasteiger partial charge in [-0.2, -0.15) is 0 Å². The van der Waals surface area contributed by atoms with Gasteiger partial charge in [0.05, 0.1) is 19.7 Å². The lowest BCUT2D eigenvalue weighted by Crippen LogP contribution is -2.50. The fourth-order valence-corrected chi connectivity index (χ4v) is 4.29. The summed E-state index contributed by atoms with van der Waals surface area (Å²) in [5.74, 6) is -0.567. The molecular formula is C26H31N5O5. The first-order valence-corrected chi connectivity index (χ1v) is 12.1. The molecule has 2 aromatic carbocycles. The van der Waals surface area contributed by atoms with Crippen LogP contribution in [-0.4, -0.2) is 92.1 Å². The zero-order valence-corrected chi connectivity index (χ0v) is 20.3. The summed E-state index contributed by atoms with van der Waals surface area (Å²) < 4.78 is 10.6. The minimum Gasteiger partial charge on any atom is -0.465 e. The average molecular weight is 494 g/mol. The molecule has 2 saturated heterocycles. The number of amidine groups is 1. The highest BCUT2D eigenvalue weighted by Gasteiger charge is 2.34. The van der Waals surface area contributed by atoms with Crippen molar-refractivity contribution in [1.82, 2.24) is 15.1 Å². The molecule has 2 N–H and O–H groups in total. The number of anilines is 1. The molecule has 2 aromatic rings. The summed E-state index contributed by atoms with van der Waals surface area (Å²) in [5.41, 5.74) is 1.69. The molecule has 2 amide bonds. The Morgan fingerprint density at radius 3 is 2.33 bits per heavy atom. The predicted molar refractivity (Wildman–Crippen MR) is 134 cm³/mol. The molecule has 0 spiro atoms. The fourth-order valence-electron chi connectivity index (χ4n) is 4.29. The van der Waals surface area contributed by atoms with Gasteiger partial charge in [0.25, 0.3) is 5.91 Å². The lowest BCUT2D eigenvalue weighted by atomic mass is 10.1. The maximum absolute atomic E-state index is 12.5. The summed E-state index contributed by atoms with van der Waals surface area (Å²) in [6.07, 6.45) is -0.654. The highest BCUT2D eigenvalue weighted by Crippen LogP contribution is 2.23. The number of amides is 2. The van der Waals surface area contributed by atoms with E-state index < -0.39 is 6.09 Å². The standard InChI is InChI=1S/C26H31N5O5/c1-2-35-23(32)18-30-14-12-29(13-15-30)16-22-17-31(26(34)36-22)21-10-8-19(9-11-21)24(27)28-25(33)20-6-4-3-5-7-20/h3-11,22H,2,12-18H2,1H3,(H2,27,28,33)/t22-/m0/s1. The lowest BCUT2D eigenvalue weighted by molar-refractivity contribution is -0.144. The van der Waals surface area contributed by atoms with E-state index in [-0.39, 0.29) is 23.8 Å². The molecule has 4 rings (SSSR count). The summed E-state index contributed by atoms with van der Waals surface area (Å²) in [5, 5.41) is 10.8. The zero-order valence-electron chi connectivity index (χ0n) is 20.3. The van der Waals surface area contributed by atoms with Gasteiger partial charge in [0.15, 0.2) is 0 Å². The van der Waals surface area contributed by atoms with Gasteiger partial charge in [0, 0.05) is 49.5 Å². The Kier molecular flexibility index (Phi) is 8.29. The Morgan fingerprint density at radius 1 is 1.00 bits per heavy atom. The number of esters is 1. The zero-order chi connectivity index (χ0) is 25.5. The number of ether oxygens (including phenoxy) is 2. The number of hydrogen-bond acceptors (Lipinski definition) is 8. The van der Waals surface area contributed by atoms with Crippen molar-refractivity contribution >= 4 is 29.5 Å². The Balaban J connectivity index is 1.26. The smallest absolute Gasteiger partial charge is 0.414 e. The Morgan fingerprint density at radius 2 is 1.67 bits per heavy atom. The van der Waals surface area contributed by atoms with E-state index in [9.17, 15) is 14.4 Å². The van der Waals surface area contributed by atoms with E-state index in [1.54, 1.807) is 60.4 Å². The normalized spacial score (nSPS) is 18.5. The predicted octanol–water partition coefficient (Wildman–Crippen LogP) is 1.95. The van der Waals surface area contributed by atoms with Gasteiger partial charge in [-0.25, -0.2) is 4.79 Å². The van der Waals surface area contributed by atoms with Crippen molar-refractivity contribution in [1.29, 1.82) is 5.41 Å². The molecule has 0 bridgehead atoms. The maximum Gasteiger partial charge on any atom is 0.414 e. The van der Waals surface area contributed by atoms with Gasteiger partial charge in [-0.15, -0.1) is 0 Å². The van der Waals surface area contributed by atoms with Crippen molar-refractivity contribution in [3.05, 3.63) is 65.7 Å². The summed E-state index contributed by atoms with van der Waals surface area (Å²) in [6, 6.07) is 15.6. The number of carbonyl (C=O) groups excluding carboxylic acids is 3. The third-order valence-corrected chi connectivity index (χ3v) is 6.20. The Hall–Kier alpha value is -3.76. The van der Waals surface area contributed by atoms with Crippen molar-refractivity contribution in [2.24, 2.45) is 0 Å².